The average Bonchev–Trinajstić information content (AvgIpc) is 2.75. The molecular formula is C22H21Cl2N3O2. The van der Waals surface area contributed by atoms with Crippen molar-refractivity contribution in [2.75, 3.05) is 26.3 Å². The Bertz CT molecular complexity index is 945. The van der Waals surface area contributed by atoms with Crippen LogP contribution in [0.1, 0.15) is 23.3 Å². The predicted molar refractivity (Wildman–Crippen MR) is 114 cm³/mol. The molecule has 0 bridgehead atoms. The van der Waals surface area contributed by atoms with Crippen LogP contribution < -0.4 is 0 Å². The first-order chi connectivity index (χ1) is 14.1. The SMILES string of the molecule is O[C@H](c1cccnc1-c1cc(Cl)cc(Cl)c1)C(c1cccnc1)N1CCOCC1. The lowest BCUT2D eigenvalue weighted by Crippen LogP contribution is -2.41. The van der Waals surface area contributed by atoms with Gasteiger partial charge >= 0.3 is 0 Å². The third kappa shape index (κ3) is 4.60. The smallest absolute Gasteiger partial charge is 0.101 e. The first-order valence-electron chi connectivity index (χ1n) is 9.44. The summed E-state index contributed by atoms with van der Waals surface area (Å²) in [5, 5.41) is 12.6. The molecule has 0 aliphatic carbocycles. The molecule has 0 radical (unpaired) electrons. The van der Waals surface area contributed by atoms with E-state index in [0.717, 1.165) is 24.2 Å². The third-order valence-electron chi connectivity index (χ3n) is 5.06. The normalized spacial score (nSPS) is 17.1. The highest BCUT2D eigenvalue weighted by Crippen LogP contribution is 2.38. The lowest BCUT2D eigenvalue weighted by atomic mass is 9.92. The molecule has 3 heterocycles. The fraction of sp³-hybridized carbons (Fsp3) is 0.273. The molecule has 1 saturated heterocycles. The van der Waals surface area contributed by atoms with Gasteiger partial charge in [0.15, 0.2) is 0 Å². The van der Waals surface area contributed by atoms with Gasteiger partial charge < -0.3 is 9.84 Å². The van der Waals surface area contributed by atoms with Crippen molar-refractivity contribution in [3.05, 3.63) is 82.2 Å². The van der Waals surface area contributed by atoms with E-state index in [1.807, 2.05) is 24.3 Å². The van der Waals surface area contributed by atoms with Crippen molar-refractivity contribution < 1.29 is 9.84 Å². The van der Waals surface area contributed by atoms with Gasteiger partial charge in [0.1, 0.15) is 6.10 Å². The van der Waals surface area contributed by atoms with E-state index < -0.39 is 6.10 Å². The van der Waals surface area contributed by atoms with E-state index in [1.54, 1.807) is 36.8 Å². The molecule has 3 aromatic rings. The molecule has 5 nitrogen and oxygen atoms in total. The van der Waals surface area contributed by atoms with Crippen LogP contribution in [0, 0.1) is 0 Å². The van der Waals surface area contributed by atoms with Gasteiger partial charge in [0.05, 0.1) is 24.9 Å². The molecule has 1 aromatic carbocycles. The number of hydrogen-bond donors (Lipinski definition) is 1. The van der Waals surface area contributed by atoms with Crippen LogP contribution in [0.4, 0.5) is 0 Å². The fourth-order valence-corrected chi connectivity index (χ4v) is 4.28. The van der Waals surface area contributed by atoms with E-state index in [9.17, 15) is 5.11 Å². The van der Waals surface area contributed by atoms with Crippen LogP contribution in [0.2, 0.25) is 10.0 Å². The van der Waals surface area contributed by atoms with Crippen LogP contribution in [0.5, 0.6) is 0 Å². The predicted octanol–water partition coefficient (Wildman–Crippen LogP) is 4.56. The van der Waals surface area contributed by atoms with Crippen molar-refractivity contribution in [3.63, 3.8) is 0 Å². The minimum absolute atomic E-state index is 0.273. The molecule has 0 amide bonds. The van der Waals surface area contributed by atoms with E-state index in [4.69, 9.17) is 27.9 Å². The molecule has 0 spiro atoms. The molecule has 150 valence electrons. The van der Waals surface area contributed by atoms with Crippen LogP contribution in [0.15, 0.2) is 61.1 Å². The Kier molecular flexibility index (Phi) is 6.43. The molecule has 7 heteroatoms. The molecule has 1 aliphatic heterocycles. The van der Waals surface area contributed by atoms with E-state index >= 15 is 0 Å². The summed E-state index contributed by atoms with van der Waals surface area (Å²) in [5.41, 5.74) is 3.09. The average molecular weight is 430 g/mol. The standard InChI is InChI=1S/C22H21Cl2N3O2/c23-17-11-16(12-18(24)13-17)20-19(4-2-6-26-20)22(28)21(15-3-1-5-25-14-15)27-7-9-29-10-8-27/h1-6,11-14,21-22,28H,7-10H2/t21?,22-/m1/s1. The van der Waals surface area contributed by atoms with Crippen molar-refractivity contribution in [1.82, 2.24) is 14.9 Å². The quantitative estimate of drug-likeness (QED) is 0.643. The number of benzene rings is 1. The Morgan fingerprint density at radius 1 is 1.00 bits per heavy atom. The van der Waals surface area contributed by atoms with E-state index in [2.05, 4.69) is 14.9 Å². The largest absolute Gasteiger partial charge is 0.386 e. The van der Waals surface area contributed by atoms with Crippen molar-refractivity contribution >= 4 is 23.2 Å². The van der Waals surface area contributed by atoms with Crippen molar-refractivity contribution in [1.29, 1.82) is 0 Å². The second-order valence-corrected chi connectivity index (χ2v) is 7.80. The molecular weight excluding hydrogens is 409 g/mol. The second-order valence-electron chi connectivity index (χ2n) is 6.92. The van der Waals surface area contributed by atoms with E-state index in [1.165, 1.54) is 0 Å². The zero-order valence-electron chi connectivity index (χ0n) is 15.7. The minimum Gasteiger partial charge on any atom is -0.386 e. The number of nitrogens with zero attached hydrogens (tertiary/aromatic N) is 3. The Morgan fingerprint density at radius 3 is 2.41 bits per heavy atom. The van der Waals surface area contributed by atoms with E-state index in [0.29, 0.717) is 34.5 Å². The maximum absolute atomic E-state index is 11.6. The summed E-state index contributed by atoms with van der Waals surface area (Å²) in [5.74, 6) is 0. The fourth-order valence-electron chi connectivity index (χ4n) is 3.76. The number of halogens is 2. The Labute approximate surface area is 179 Å². The molecule has 1 N–H and O–H groups in total. The highest BCUT2D eigenvalue weighted by molar-refractivity contribution is 6.35. The van der Waals surface area contributed by atoms with Gasteiger partial charge in [0.25, 0.3) is 0 Å². The van der Waals surface area contributed by atoms with Crippen molar-refractivity contribution in [2.24, 2.45) is 0 Å². The summed E-state index contributed by atoms with van der Waals surface area (Å²) < 4.78 is 5.51. The number of hydrogen-bond acceptors (Lipinski definition) is 5. The minimum atomic E-state index is -0.821. The van der Waals surface area contributed by atoms with Crippen LogP contribution in [-0.2, 0) is 4.74 Å². The lowest BCUT2D eigenvalue weighted by molar-refractivity contribution is -0.0238. The zero-order valence-corrected chi connectivity index (χ0v) is 17.2. The molecule has 4 rings (SSSR count). The monoisotopic (exact) mass is 429 g/mol. The number of aliphatic hydroxyl groups excluding tert-OH is 1. The summed E-state index contributed by atoms with van der Waals surface area (Å²) >= 11 is 12.4. The molecule has 29 heavy (non-hydrogen) atoms. The van der Waals surface area contributed by atoms with Gasteiger partial charge in [-0.1, -0.05) is 35.3 Å². The number of morpholine rings is 1. The second kappa shape index (κ2) is 9.20. The van der Waals surface area contributed by atoms with Crippen molar-refractivity contribution in [2.45, 2.75) is 12.1 Å². The Hall–Kier alpha value is -2.02. The van der Waals surface area contributed by atoms with Gasteiger partial charge in [-0.25, -0.2) is 0 Å². The highest BCUT2D eigenvalue weighted by Gasteiger charge is 2.32. The van der Waals surface area contributed by atoms with Crippen LogP contribution >= 0.6 is 23.2 Å². The zero-order chi connectivity index (χ0) is 20.2. The number of aliphatic hydroxyl groups is 1. The van der Waals surface area contributed by atoms with Gasteiger partial charge in [0.2, 0.25) is 0 Å². The molecule has 1 aliphatic rings. The third-order valence-corrected chi connectivity index (χ3v) is 5.49. The summed E-state index contributed by atoms with van der Waals surface area (Å²) in [6.07, 6.45) is 4.42. The summed E-state index contributed by atoms with van der Waals surface area (Å²) in [6, 6.07) is 12.6. The Balaban J connectivity index is 1.78. The molecule has 0 saturated carbocycles. The van der Waals surface area contributed by atoms with Crippen LogP contribution in [0.25, 0.3) is 11.3 Å². The number of ether oxygens (including phenoxy) is 1. The maximum Gasteiger partial charge on any atom is 0.101 e. The van der Waals surface area contributed by atoms with Crippen LogP contribution in [-0.4, -0.2) is 46.3 Å². The van der Waals surface area contributed by atoms with Gasteiger partial charge in [-0.05, 0) is 35.9 Å². The maximum atomic E-state index is 11.6. The van der Waals surface area contributed by atoms with Gasteiger partial charge in [0, 0.05) is 52.9 Å². The topological polar surface area (TPSA) is 58.5 Å². The number of rotatable bonds is 5. The summed E-state index contributed by atoms with van der Waals surface area (Å²) in [7, 11) is 0. The van der Waals surface area contributed by atoms with Gasteiger partial charge in [-0.15, -0.1) is 0 Å². The molecule has 2 atom stereocenters. The van der Waals surface area contributed by atoms with Crippen molar-refractivity contribution in [3.8, 4) is 11.3 Å². The number of pyridine rings is 2. The van der Waals surface area contributed by atoms with Gasteiger partial charge in [-0.3, -0.25) is 14.9 Å². The Morgan fingerprint density at radius 2 is 1.72 bits per heavy atom. The highest BCUT2D eigenvalue weighted by atomic mass is 35.5. The van der Waals surface area contributed by atoms with E-state index in [-0.39, 0.29) is 6.04 Å². The molecule has 1 unspecified atom stereocenters. The first kappa shape index (κ1) is 20.3. The summed E-state index contributed by atoms with van der Waals surface area (Å²) in [4.78, 5) is 11.0. The lowest BCUT2D eigenvalue weighted by Gasteiger charge is -2.37. The molecule has 1 fully saturated rings. The number of aromatic nitrogens is 2. The first-order valence-corrected chi connectivity index (χ1v) is 10.2. The van der Waals surface area contributed by atoms with Gasteiger partial charge in [-0.2, -0.15) is 0 Å². The summed E-state index contributed by atoms with van der Waals surface area (Å²) in [6.45, 7) is 2.73. The molecule has 2 aromatic heterocycles. The van der Waals surface area contributed by atoms with Crippen LogP contribution in [0.3, 0.4) is 0 Å².